The molecule has 0 saturated carbocycles. The lowest BCUT2D eigenvalue weighted by Gasteiger charge is -2.10. The lowest BCUT2D eigenvalue weighted by molar-refractivity contribution is 0.313. The lowest BCUT2D eigenvalue weighted by atomic mass is 15.7. The third kappa shape index (κ3) is 72.6. The average molecular weight is 357 g/mol. The van der Waals surface area contributed by atoms with E-state index in [0.29, 0.717) is 0 Å². The van der Waals surface area contributed by atoms with Crippen LogP contribution in [0.25, 0.3) is 0 Å². The third-order valence-electron chi connectivity index (χ3n) is 0.314. The largest absolute Gasteiger partial charge is 0.703 e. The van der Waals surface area contributed by atoms with Crippen LogP contribution in [0.2, 0.25) is 0 Å². The van der Waals surface area contributed by atoms with E-state index in [4.69, 9.17) is 0 Å². The van der Waals surface area contributed by atoms with Gasteiger partial charge in [-0.15, -0.1) is 0 Å². The molecule has 1 heterocycles. The molecule has 17 nitrogen and oxygen atoms in total. The van der Waals surface area contributed by atoms with E-state index in [-0.39, 0.29) is 71.2 Å². The summed E-state index contributed by atoms with van der Waals surface area (Å²) in [4.78, 5) is 0. The molecule has 1 rings (SSSR count). The molecule has 1 aliphatic rings. The number of hydrogen-bond acceptors (Lipinski definition) is 4. The molecule has 0 aliphatic carbocycles. The van der Waals surface area contributed by atoms with Crippen LogP contribution in [0.1, 0.15) is 0 Å². The molecule has 0 bridgehead atoms. The third-order valence-corrected chi connectivity index (χ3v) is 2.83. The van der Waals surface area contributed by atoms with Crippen molar-refractivity contribution in [1.29, 1.82) is 0 Å². The molecule has 26 N–H and O–H groups in total. The van der Waals surface area contributed by atoms with E-state index in [0.717, 1.165) is 0 Å². The van der Waals surface area contributed by atoms with Gasteiger partial charge in [-0.05, 0) is 0 Å². The predicted octanol–water partition coefficient (Wildman–Crippen LogP) is -11.9. The predicted molar refractivity (Wildman–Crippen MR) is 63.8 cm³/mol. The summed E-state index contributed by atoms with van der Waals surface area (Å²) >= 11 is -0.701. The Balaban J connectivity index is -0.00000000252. The lowest BCUT2D eigenvalue weighted by Crippen LogP contribution is -2.27. The first kappa shape index (κ1) is 174. The van der Waals surface area contributed by atoms with E-state index in [9.17, 15) is 8.42 Å². The monoisotopic (exact) mass is 357 g/mol. The maximum atomic E-state index is 9.66. The van der Waals surface area contributed by atoms with Gasteiger partial charge in [0.25, 0.3) is 0 Å². The Labute approximate surface area is 113 Å². The van der Waals surface area contributed by atoms with E-state index in [1.54, 1.807) is 0 Å². The van der Waals surface area contributed by atoms with Crippen LogP contribution in [-0.2, 0) is 16.9 Å². The van der Waals surface area contributed by atoms with Crippen LogP contribution in [0.5, 0.6) is 0 Å². The summed E-state index contributed by atoms with van der Waals surface area (Å²) in [6, 6.07) is 0. The van der Waals surface area contributed by atoms with Crippen LogP contribution >= 0.6 is 0 Å². The summed E-state index contributed by atoms with van der Waals surface area (Å²) in [6.07, 6.45) is 0. The van der Waals surface area contributed by atoms with Gasteiger partial charge in [0.2, 0.25) is 0 Å². The maximum absolute atomic E-state index is 9.66. The van der Waals surface area contributed by atoms with Crippen molar-refractivity contribution in [2.45, 2.75) is 0 Å². The van der Waals surface area contributed by atoms with Gasteiger partial charge in [0, 0.05) is 0 Å². The topological polar surface area (TPSA) is 462 Å². The van der Waals surface area contributed by atoms with Gasteiger partial charge in [-0.1, -0.05) is 0 Å². The first-order chi connectivity index (χ1) is 2.71. The maximum Gasteiger partial charge on any atom is 0.703 e. The highest BCUT2D eigenvalue weighted by molar-refractivity contribution is 7.85. The van der Waals surface area contributed by atoms with E-state index < -0.39 is 26.3 Å². The zero-order chi connectivity index (χ0) is 4.62. The van der Waals surface area contributed by atoms with Crippen LogP contribution < -0.4 is 0 Å². The summed E-state index contributed by atoms with van der Waals surface area (Å²) in [5.41, 5.74) is 0. The first-order valence-electron chi connectivity index (χ1n) is 1.14. The second kappa shape index (κ2) is 64.6. The van der Waals surface area contributed by atoms with Crippen molar-refractivity contribution in [2.24, 2.45) is 0 Å². The van der Waals surface area contributed by atoms with Gasteiger partial charge >= 0.3 is 26.3 Å². The Kier molecular flexibility index (Phi) is 593. The minimum atomic E-state index is -3.44. The molecule has 19 heavy (non-hydrogen) atoms. The van der Waals surface area contributed by atoms with Crippen molar-refractivity contribution >= 4 is 26.3 Å². The molecule has 137 valence electrons. The zero-order valence-electron chi connectivity index (χ0n) is 9.12. The quantitative estimate of drug-likeness (QED) is 0.380. The van der Waals surface area contributed by atoms with Crippen LogP contribution in [-0.4, -0.2) is 95.5 Å². The Morgan fingerprint density at radius 2 is 0.579 bits per heavy atom. The Hall–Kier alpha value is -0.118. The zero-order valence-corrected chi connectivity index (χ0v) is 11.1. The van der Waals surface area contributed by atoms with Crippen LogP contribution in [0, 0.1) is 0 Å². The SMILES string of the molecule is O.O.O.O.O.O.O.O.O.O.O.O.O.O=S1(=O)[O][Al][O]1. The van der Waals surface area contributed by atoms with Gasteiger partial charge in [-0.3, -0.25) is 0 Å². The van der Waals surface area contributed by atoms with Crippen molar-refractivity contribution in [1.82, 2.24) is 0 Å². The average Bonchev–Trinajstić information content (AvgIpc) is 1.32. The van der Waals surface area contributed by atoms with E-state index in [1.807, 2.05) is 0 Å². The molecule has 0 aromatic carbocycles. The highest BCUT2D eigenvalue weighted by atomic mass is 32.3. The van der Waals surface area contributed by atoms with Crippen molar-refractivity contribution in [3.63, 3.8) is 0 Å². The highest BCUT2D eigenvalue weighted by Crippen LogP contribution is 2.02. The molecule has 1 radical (unpaired) electrons. The molecular formula is H26AlO17S. The molecule has 0 spiro atoms. The van der Waals surface area contributed by atoms with Crippen molar-refractivity contribution in [3.8, 4) is 0 Å². The van der Waals surface area contributed by atoms with Crippen molar-refractivity contribution in [3.05, 3.63) is 0 Å². The van der Waals surface area contributed by atoms with Crippen molar-refractivity contribution in [2.75, 3.05) is 0 Å². The van der Waals surface area contributed by atoms with Gasteiger partial charge in [-0.25, -0.2) is 0 Å². The Bertz CT molecular complexity index is 125. The van der Waals surface area contributed by atoms with Crippen LogP contribution in [0.3, 0.4) is 0 Å². The van der Waals surface area contributed by atoms with E-state index in [1.165, 1.54) is 0 Å². The fourth-order valence-electron chi connectivity index (χ4n) is 0.103. The minimum Gasteiger partial charge on any atom is -0.412 e. The molecule has 1 fully saturated rings. The molecule has 19 heteroatoms. The fourth-order valence-corrected chi connectivity index (χ4v) is 0.931. The Morgan fingerprint density at radius 1 is 0.474 bits per heavy atom. The molecule has 0 amide bonds. The summed E-state index contributed by atoms with van der Waals surface area (Å²) in [6.45, 7) is 0. The molecule has 0 atom stereocenters. The Morgan fingerprint density at radius 3 is 0.579 bits per heavy atom. The van der Waals surface area contributed by atoms with E-state index >= 15 is 0 Å². The van der Waals surface area contributed by atoms with Crippen LogP contribution in [0.15, 0.2) is 0 Å². The highest BCUT2D eigenvalue weighted by Gasteiger charge is 2.26. The number of rotatable bonds is 0. The van der Waals surface area contributed by atoms with Gasteiger partial charge < -0.3 is 77.7 Å². The summed E-state index contributed by atoms with van der Waals surface area (Å²) in [7, 11) is -3.44. The van der Waals surface area contributed by atoms with E-state index in [2.05, 4.69) is 6.47 Å². The summed E-state index contributed by atoms with van der Waals surface area (Å²) in [5, 5.41) is 0. The molecule has 1 aliphatic heterocycles. The summed E-state index contributed by atoms with van der Waals surface area (Å²) in [5.74, 6) is 0. The molecule has 0 aromatic heterocycles. The van der Waals surface area contributed by atoms with Gasteiger partial charge in [-0.2, -0.15) is 8.42 Å². The number of hydrogen-bond donors (Lipinski definition) is 0. The van der Waals surface area contributed by atoms with Gasteiger partial charge in [0.1, 0.15) is 0 Å². The van der Waals surface area contributed by atoms with Gasteiger partial charge in [0.05, 0.1) is 0 Å². The first-order valence-corrected chi connectivity index (χ1v) is 3.41. The smallest absolute Gasteiger partial charge is 0.412 e. The fraction of sp³-hybridized carbons (Fsp3) is 0. The standard InChI is InChI=1S/Al.H2O4S.13H2O/c;1-5(2,3)4;;;;;;;;;;;;;/h;(H2,1,2,3,4);13*1H2/q+2;;;;;;;;;;;;;;/p-2. The normalized spacial score (nSPS) is 8.63. The second-order valence-electron chi connectivity index (χ2n) is 0.697. The molecule has 0 unspecified atom stereocenters. The molecule has 0 aromatic rings. The summed E-state index contributed by atoms with van der Waals surface area (Å²) < 4.78 is 27.2. The minimum absolute atomic E-state index is 0. The molecular weight excluding hydrogens is 331 g/mol. The van der Waals surface area contributed by atoms with Crippen molar-refractivity contribution < 1.29 is 86.1 Å². The second-order valence-corrected chi connectivity index (χ2v) is 3.25. The van der Waals surface area contributed by atoms with Gasteiger partial charge in [0.15, 0.2) is 0 Å². The molecule has 1 saturated heterocycles. The van der Waals surface area contributed by atoms with Crippen LogP contribution in [0.4, 0.5) is 0 Å².